The average Bonchev–Trinajstić information content (AvgIpc) is 2.71. The Morgan fingerprint density at radius 1 is 1.65 bits per heavy atom. The second kappa shape index (κ2) is 5.78. The van der Waals surface area contributed by atoms with Gasteiger partial charge in [-0.15, -0.1) is 0 Å². The predicted molar refractivity (Wildman–Crippen MR) is 68.1 cm³/mol. The van der Waals surface area contributed by atoms with Crippen molar-refractivity contribution in [3.63, 3.8) is 0 Å². The lowest BCUT2D eigenvalue weighted by Crippen LogP contribution is -2.30. The number of ether oxygens (including phenoxy) is 1. The van der Waals surface area contributed by atoms with Crippen molar-refractivity contribution in [1.29, 1.82) is 0 Å². The molecule has 1 saturated heterocycles. The molecule has 17 heavy (non-hydrogen) atoms. The Morgan fingerprint density at radius 2 is 2.47 bits per heavy atom. The number of halogens is 1. The van der Waals surface area contributed by atoms with Gasteiger partial charge in [-0.05, 0) is 41.6 Å². The van der Waals surface area contributed by atoms with E-state index >= 15 is 0 Å². The molecule has 0 amide bonds. The Bertz CT molecular complexity index is 397. The first kappa shape index (κ1) is 12.8. The summed E-state index contributed by atoms with van der Waals surface area (Å²) in [5.41, 5.74) is 0.652. The summed E-state index contributed by atoms with van der Waals surface area (Å²) in [6, 6.07) is 0. The quantitative estimate of drug-likeness (QED) is 0.803. The van der Waals surface area contributed by atoms with Crippen LogP contribution in [0.15, 0.2) is 10.7 Å². The molecule has 0 N–H and O–H groups in total. The van der Waals surface area contributed by atoms with Gasteiger partial charge in [0.25, 0.3) is 0 Å². The molecule has 2 rings (SSSR count). The summed E-state index contributed by atoms with van der Waals surface area (Å²) >= 11 is 3.39. The summed E-state index contributed by atoms with van der Waals surface area (Å²) in [7, 11) is 0. The third kappa shape index (κ3) is 2.77. The molecule has 1 fully saturated rings. The Kier molecular flexibility index (Phi) is 4.34. The maximum atomic E-state index is 12.4. The van der Waals surface area contributed by atoms with Crippen LogP contribution in [-0.4, -0.2) is 28.3 Å². The molecule has 1 aromatic heterocycles. The van der Waals surface area contributed by atoms with E-state index < -0.39 is 0 Å². The molecule has 1 aliphatic heterocycles. The minimum atomic E-state index is -0.285. The maximum absolute atomic E-state index is 12.4. The molecule has 0 aliphatic carbocycles. The van der Waals surface area contributed by atoms with Crippen LogP contribution in [0.2, 0.25) is 0 Å². The predicted octanol–water partition coefficient (Wildman–Crippen LogP) is 2.81. The van der Waals surface area contributed by atoms with Crippen LogP contribution < -0.4 is 0 Å². The van der Waals surface area contributed by atoms with E-state index in [1.54, 1.807) is 10.9 Å². The van der Waals surface area contributed by atoms with Crippen molar-refractivity contribution in [3.8, 4) is 0 Å². The van der Waals surface area contributed by atoms with Gasteiger partial charge in [0.1, 0.15) is 11.8 Å². The van der Waals surface area contributed by atoms with E-state index in [4.69, 9.17) is 4.74 Å². The van der Waals surface area contributed by atoms with E-state index in [1.807, 2.05) is 0 Å². The molecular weight excluding hydrogens is 284 g/mol. The summed E-state index contributed by atoms with van der Waals surface area (Å²) in [5, 5.41) is 4.21. The zero-order chi connectivity index (χ0) is 12.3. The lowest BCUT2D eigenvalue weighted by molar-refractivity contribution is 0.0178. The topological polar surface area (TPSA) is 44.1 Å². The maximum Gasteiger partial charge on any atom is 0.210 e. The Hall–Kier alpha value is -0.680. The van der Waals surface area contributed by atoms with Crippen molar-refractivity contribution in [2.24, 2.45) is 0 Å². The van der Waals surface area contributed by atoms with Crippen LogP contribution in [0.4, 0.5) is 0 Å². The van der Waals surface area contributed by atoms with Crippen molar-refractivity contribution >= 4 is 21.7 Å². The molecule has 1 aliphatic rings. The highest BCUT2D eigenvalue weighted by molar-refractivity contribution is 9.10. The summed E-state index contributed by atoms with van der Waals surface area (Å²) in [5.74, 6) is 0.0579. The highest BCUT2D eigenvalue weighted by Gasteiger charge is 2.27. The van der Waals surface area contributed by atoms with Crippen LogP contribution in [0, 0.1) is 0 Å². The van der Waals surface area contributed by atoms with Gasteiger partial charge in [0, 0.05) is 13.2 Å². The molecule has 5 heteroatoms. The normalized spacial score (nSPS) is 20.5. The molecule has 2 heterocycles. The number of hydrogen-bond donors (Lipinski definition) is 0. The summed E-state index contributed by atoms with van der Waals surface area (Å²) in [6.45, 7) is 3.52. The largest absolute Gasteiger partial charge is 0.370 e. The number of aromatic nitrogens is 2. The molecule has 1 aromatic rings. The first-order valence-corrected chi connectivity index (χ1v) is 6.90. The molecule has 94 valence electrons. The molecule has 1 unspecified atom stereocenters. The fourth-order valence-corrected chi connectivity index (χ4v) is 2.58. The second-order valence-electron chi connectivity index (χ2n) is 4.28. The highest BCUT2D eigenvalue weighted by Crippen LogP contribution is 2.23. The van der Waals surface area contributed by atoms with Crippen LogP contribution >= 0.6 is 15.9 Å². The lowest BCUT2D eigenvalue weighted by atomic mass is 10.0. The fraction of sp³-hybridized carbons (Fsp3) is 0.667. The van der Waals surface area contributed by atoms with Crippen LogP contribution in [-0.2, 0) is 11.3 Å². The number of hydrogen-bond acceptors (Lipinski definition) is 3. The van der Waals surface area contributed by atoms with Crippen molar-refractivity contribution in [2.75, 3.05) is 6.61 Å². The molecule has 0 bridgehead atoms. The van der Waals surface area contributed by atoms with Gasteiger partial charge in [-0.25, -0.2) is 0 Å². The van der Waals surface area contributed by atoms with Gasteiger partial charge in [0.15, 0.2) is 0 Å². The Balaban J connectivity index is 2.19. The molecule has 0 aromatic carbocycles. The van der Waals surface area contributed by atoms with E-state index in [9.17, 15) is 4.79 Å². The van der Waals surface area contributed by atoms with Crippen molar-refractivity contribution in [1.82, 2.24) is 9.78 Å². The minimum Gasteiger partial charge on any atom is -0.370 e. The first-order chi connectivity index (χ1) is 8.24. The number of carbonyl (C=O) groups excluding carboxylic acids is 1. The molecule has 0 saturated carbocycles. The lowest BCUT2D eigenvalue weighted by Gasteiger charge is -2.21. The third-order valence-corrected chi connectivity index (χ3v) is 3.52. The summed E-state index contributed by atoms with van der Waals surface area (Å²) < 4.78 is 8.08. The Morgan fingerprint density at radius 3 is 3.12 bits per heavy atom. The summed E-state index contributed by atoms with van der Waals surface area (Å²) in [4.78, 5) is 12.4. The second-order valence-corrected chi connectivity index (χ2v) is 5.14. The zero-order valence-electron chi connectivity index (χ0n) is 9.99. The van der Waals surface area contributed by atoms with Crippen molar-refractivity contribution in [2.45, 2.75) is 45.3 Å². The van der Waals surface area contributed by atoms with Crippen molar-refractivity contribution in [3.05, 3.63) is 16.4 Å². The third-order valence-electron chi connectivity index (χ3n) is 2.94. The zero-order valence-corrected chi connectivity index (χ0v) is 11.6. The van der Waals surface area contributed by atoms with Crippen LogP contribution in [0.5, 0.6) is 0 Å². The molecule has 0 radical (unpaired) electrons. The van der Waals surface area contributed by atoms with Gasteiger partial charge >= 0.3 is 0 Å². The van der Waals surface area contributed by atoms with E-state index in [0.717, 1.165) is 36.7 Å². The van der Waals surface area contributed by atoms with Crippen LogP contribution in [0.25, 0.3) is 0 Å². The number of carbonyl (C=O) groups is 1. The number of ketones is 1. The molecule has 4 nitrogen and oxygen atoms in total. The van der Waals surface area contributed by atoms with Gasteiger partial charge in [-0.3, -0.25) is 9.48 Å². The van der Waals surface area contributed by atoms with Gasteiger partial charge in [-0.2, -0.15) is 5.10 Å². The number of nitrogens with zero attached hydrogens (tertiary/aromatic N) is 2. The van der Waals surface area contributed by atoms with E-state index in [-0.39, 0.29) is 11.9 Å². The Labute approximate surface area is 109 Å². The van der Waals surface area contributed by atoms with E-state index in [0.29, 0.717) is 12.3 Å². The number of aryl methyl sites for hydroxylation is 1. The van der Waals surface area contributed by atoms with Gasteiger partial charge in [-0.1, -0.05) is 6.92 Å². The monoisotopic (exact) mass is 300 g/mol. The minimum absolute atomic E-state index is 0.0579. The van der Waals surface area contributed by atoms with Crippen molar-refractivity contribution < 1.29 is 9.53 Å². The van der Waals surface area contributed by atoms with E-state index in [1.165, 1.54) is 0 Å². The average molecular weight is 301 g/mol. The van der Waals surface area contributed by atoms with Gasteiger partial charge < -0.3 is 4.74 Å². The summed E-state index contributed by atoms with van der Waals surface area (Å²) in [6.07, 6.45) is 5.30. The first-order valence-electron chi connectivity index (χ1n) is 6.11. The number of rotatable bonds is 4. The van der Waals surface area contributed by atoms with Gasteiger partial charge in [0.2, 0.25) is 5.78 Å². The van der Waals surface area contributed by atoms with Crippen LogP contribution in [0.1, 0.15) is 43.1 Å². The van der Waals surface area contributed by atoms with Gasteiger partial charge in [0.05, 0.1) is 10.7 Å². The standard InChI is InChI=1S/C12H17BrN2O2/c1-2-6-15-11(9(13)8-14-15)12(16)10-5-3-4-7-17-10/h8,10H,2-7H2,1H3. The SMILES string of the molecule is CCCn1ncc(Br)c1C(=O)C1CCCCO1. The van der Waals surface area contributed by atoms with Crippen LogP contribution in [0.3, 0.4) is 0 Å². The molecule has 0 spiro atoms. The smallest absolute Gasteiger partial charge is 0.210 e. The number of Topliss-reactive ketones (excluding diaryl/α,β-unsaturated/α-hetero) is 1. The van der Waals surface area contributed by atoms with E-state index in [2.05, 4.69) is 28.0 Å². The molecular formula is C12H17BrN2O2. The molecule has 1 atom stereocenters. The highest BCUT2D eigenvalue weighted by atomic mass is 79.9. The fourth-order valence-electron chi connectivity index (χ4n) is 2.09.